The first-order valence-corrected chi connectivity index (χ1v) is 22.2. The first-order valence-electron chi connectivity index (χ1n) is 19.2. The van der Waals surface area contributed by atoms with Gasteiger partial charge in [0.2, 0.25) is 15.8 Å². The van der Waals surface area contributed by atoms with Gasteiger partial charge in [0, 0.05) is 37.3 Å². The molecule has 314 valence electrons. The molecule has 0 spiro atoms. The van der Waals surface area contributed by atoms with Crippen LogP contribution in [0.25, 0.3) is 22.6 Å². The standard InChI is InChI=1S/C43H48N8O7S2/c1-43(2,3)49-27-35(28-49)59(52,53)38-23-22-36(37-8-7-9-39(44)45-37)40(42-46-48-51(47-42)26-31-14-20-34(58-6)21-15-31)41(38)60(54,55)50(24-29-10-16-32(56-4)17-11-29)25-30-12-18-33(57-5)19-13-30/h7-23,35H,24-28H2,1-6H3,(H2,44,45). The second-order valence-electron chi connectivity index (χ2n) is 15.5. The number of hydrogen-bond acceptors (Lipinski definition) is 13. The van der Waals surface area contributed by atoms with Crippen LogP contribution in [0, 0.1) is 0 Å². The number of hydrogen-bond donors (Lipinski definition) is 1. The van der Waals surface area contributed by atoms with Crippen LogP contribution in [0.15, 0.2) is 113 Å². The summed E-state index contributed by atoms with van der Waals surface area (Å²) in [7, 11) is -4.43. The van der Waals surface area contributed by atoms with Crippen LogP contribution in [0.1, 0.15) is 37.5 Å². The summed E-state index contributed by atoms with van der Waals surface area (Å²) in [6, 6.07) is 29.2. The maximum atomic E-state index is 15.9. The maximum absolute atomic E-state index is 15.9. The largest absolute Gasteiger partial charge is 0.497 e. The predicted octanol–water partition coefficient (Wildman–Crippen LogP) is 5.71. The minimum absolute atomic E-state index is 0.0726. The van der Waals surface area contributed by atoms with E-state index in [-0.39, 0.29) is 71.6 Å². The maximum Gasteiger partial charge on any atom is 0.245 e. The number of nitrogens with zero attached hydrogens (tertiary/aromatic N) is 7. The molecule has 15 nitrogen and oxygen atoms in total. The Morgan fingerprint density at radius 3 is 1.77 bits per heavy atom. The average molecular weight is 853 g/mol. The molecule has 6 aromatic rings. The van der Waals surface area contributed by atoms with Gasteiger partial charge < -0.3 is 19.9 Å². The third-order valence-electron chi connectivity index (χ3n) is 10.5. The fourth-order valence-electron chi connectivity index (χ4n) is 6.97. The van der Waals surface area contributed by atoms with Crippen molar-refractivity contribution in [2.75, 3.05) is 40.2 Å². The van der Waals surface area contributed by atoms with E-state index in [0.29, 0.717) is 28.4 Å². The fourth-order valence-corrected chi connectivity index (χ4v) is 11.0. The van der Waals surface area contributed by atoms with Crippen LogP contribution in [-0.4, -0.2) is 96.4 Å². The van der Waals surface area contributed by atoms with Crippen LogP contribution in [0.2, 0.25) is 0 Å². The Kier molecular flexibility index (Phi) is 12.0. The van der Waals surface area contributed by atoms with Crippen molar-refractivity contribution >= 4 is 25.7 Å². The molecular formula is C43H48N8O7S2. The van der Waals surface area contributed by atoms with Crippen molar-refractivity contribution in [3.63, 3.8) is 0 Å². The van der Waals surface area contributed by atoms with E-state index in [1.807, 2.05) is 37.8 Å². The van der Waals surface area contributed by atoms with E-state index >= 15 is 8.42 Å². The number of sulfone groups is 1. The fraction of sp³-hybridized carbons (Fsp3) is 0.302. The van der Waals surface area contributed by atoms with E-state index in [4.69, 9.17) is 25.0 Å². The number of sulfonamides is 1. The van der Waals surface area contributed by atoms with Gasteiger partial charge in [-0.1, -0.05) is 48.5 Å². The average Bonchev–Trinajstić information content (AvgIpc) is 3.67. The molecule has 0 saturated carbocycles. The SMILES string of the molecule is COc1ccc(CN(Cc2ccc(OC)cc2)S(=O)(=O)c2c(S(=O)(=O)C3CN(C(C)(C)C)C3)ccc(-c3cccc(N)n3)c2-c2nnn(Cc3ccc(OC)cc3)n2)cc1. The van der Waals surface area contributed by atoms with Gasteiger partial charge in [-0.25, -0.2) is 21.8 Å². The first-order chi connectivity index (χ1) is 28.6. The highest BCUT2D eigenvalue weighted by Gasteiger charge is 2.46. The summed E-state index contributed by atoms with van der Waals surface area (Å²) in [6.45, 7) is 6.38. The number of aromatic nitrogens is 5. The second kappa shape index (κ2) is 17.0. The molecule has 17 heteroatoms. The number of ether oxygens (including phenoxy) is 3. The van der Waals surface area contributed by atoms with Crippen molar-refractivity contribution < 1.29 is 31.0 Å². The molecule has 1 aliphatic heterocycles. The molecule has 0 unspecified atom stereocenters. The summed E-state index contributed by atoms with van der Waals surface area (Å²) in [5.41, 5.74) is 8.44. The van der Waals surface area contributed by atoms with Crippen LogP contribution >= 0.6 is 0 Å². The Balaban J connectivity index is 1.47. The van der Waals surface area contributed by atoms with Crippen molar-refractivity contribution in [1.29, 1.82) is 0 Å². The molecule has 0 amide bonds. The summed E-state index contributed by atoms with van der Waals surface area (Å²) in [4.78, 5) is 7.06. The predicted molar refractivity (Wildman–Crippen MR) is 228 cm³/mol. The lowest BCUT2D eigenvalue weighted by Gasteiger charge is -2.47. The molecule has 4 aromatic carbocycles. The highest BCUT2D eigenvalue weighted by atomic mass is 32.2. The van der Waals surface area contributed by atoms with Crippen molar-refractivity contribution in [3.05, 3.63) is 120 Å². The van der Waals surface area contributed by atoms with E-state index in [9.17, 15) is 8.42 Å². The number of rotatable bonds is 15. The van der Waals surface area contributed by atoms with Crippen LogP contribution < -0.4 is 19.9 Å². The zero-order valence-electron chi connectivity index (χ0n) is 34.3. The van der Waals surface area contributed by atoms with Crippen LogP contribution in [0.3, 0.4) is 0 Å². The number of nitrogen functional groups attached to an aromatic ring is 1. The van der Waals surface area contributed by atoms with Crippen molar-refractivity contribution in [3.8, 4) is 39.9 Å². The zero-order valence-corrected chi connectivity index (χ0v) is 35.9. The molecule has 7 rings (SSSR count). The van der Waals surface area contributed by atoms with Crippen molar-refractivity contribution in [2.45, 2.75) is 61.0 Å². The number of nitrogens with two attached hydrogens (primary N) is 1. The molecule has 1 saturated heterocycles. The number of likely N-dealkylation sites (tertiary alicyclic amines) is 1. The van der Waals surface area contributed by atoms with Crippen molar-refractivity contribution in [1.82, 2.24) is 34.4 Å². The smallest absolute Gasteiger partial charge is 0.245 e. The summed E-state index contributed by atoms with van der Waals surface area (Å²) in [6.07, 6.45) is 0. The lowest BCUT2D eigenvalue weighted by atomic mass is 10.0. The van der Waals surface area contributed by atoms with Gasteiger partial charge in [0.1, 0.15) is 28.0 Å². The summed E-state index contributed by atoms with van der Waals surface area (Å²) >= 11 is 0. The molecule has 2 N–H and O–H groups in total. The van der Waals surface area contributed by atoms with Gasteiger partial charge >= 0.3 is 0 Å². The van der Waals surface area contributed by atoms with Gasteiger partial charge in [-0.15, -0.1) is 10.2 Å². The van der Waals surface area contributed by atoms with E-state index in [0.717, 1.165) is 5.56 Å². The van der Waals surface area contributed by atoms with E-state index in [2.05, 4.69) is 15.3 Å². The molecule has 0 atom stereocenters. The molecule has 0 aliphatic carbocycles. The van der Waals surface area contributed by atoms with Crippen LogP contribution in [-0.2, 0) is 39.5 Å². The van der Waals surface area contributed by atoms with E-state index < -0.39 is 30.0 Å². The normalized spacial score (nSPS) is 13.9. The summed E-state index contributed by atoms with van der Waals surface area (Å²) in [5, 5.41) is 12.5. The molecule has 1 aliphatic rings. The van der Waals surface area contributed by atoms with Crippen LogP contribution in [0.4, 0.5) is 5.82 Å². The third-order valence-corrected chi connectivity index (χ3v) is 14.6. The zero-order chi connectivity index (χ0) is 42.8. The third kappa shape index (κ3) is 8.84. The van der Waals surface area contributed by atoms with Gasteiger partial charge in [-0.05, 0) is 97.3 Å². The Morgan fingerprint density at radius 1 is 0.733 bits per heavy atom. The highest BCUT2D eigenvalue weighted by molar-refractivity contribution is 7.94. The number of pyridine rings is 1. The number of benzene rings is 4. The Morgan fingerprint density at radius 2 is 1.27 bits per heavy atom. The molecule has 1 fully saturated rings. The molecule has 3 heterocycles. The molecule has 60 heavy (non-hydrogen) atoms. The van der Waals surface area contributed by atoms with Gasteiger partial charge in [0.25, 0.3) is 0 Å². The molecule has 0 bridgehead atoms. The Hall–Kier alpha value is -5.88. The van der Waals surface area contributed by atoms with Gasteiger partial charge in [-0.2, -0.15) is 9.10 Å². The van der Waals surface area contributed by atoms with Crippen LogP contribution in [0.5, 0.6) is 17.2 Å². The van der Waals surface area contributed by atoms with Gasteiger partial charge in [-0.3, -0.25) is 4.90 Å². The molecule has 2 aromatic heterocycles. The monoisotopic (exact) mass is 852 g/mol. The number of tetrazole rings is 1. The lowest BCUT2D eigenvalue weighted by Crippen LogP contribution is -2.61. The van der Waals surface area contributed by atoms with Gasteiger partial charge in [0.05, 0.1) is 49.3 Å². The highest BCUT2D eigenvalue weighted by Crippen LogP contribution is 2.43. The van der Waals surface area contributed by atoms with Crippen molar-refractivity contribution in [2.24, 2.45) is 0 Å². The summed E-state index contributed by atoms with van der Waals surface area (Å²) < 4.78 is 79.0. The Labute approximate surface area is 350 Å². The number of methoxy groups -OCH3 is 3. The van der Waals surface area contributed by atoms with E-state index in [1.54, 1.807) is 106 Å². The minimum atomic E-state index is -4.79. The Bertz CT molecular complexity index is 2630. The lowest BCUT2D eigenvalue weighted by molar-refractivity contribution is 0.0723. The summed E-state index contributed by atoms with van der Waals surface area (Å²) in [5.74, 6) is 1.92. The topological polar surface area (TPSA) is 185 Å². The number of anilines is 1. The minimum Gasteiger partial charge on any atom is -0.497 e. The molecular weight excluding hydrogens is 805 g/mol. The molecule has 0 radical (unpaired) electrons. The first kappa shape index (κ1) is 42.3. The quantitative estimate of drug-likeness (QED) is 0.133. The second-order valence-corrected chi connectivity index (χ2v) is 19.5. The van der Waals surface area contributed by atoms with Gasteiger partial charge in [0.15, 0.2) is 9.84 Å². The van der Waals surface area contributed by atoms with E-state index in [1.165, 1.54) is 15.2 Å².